The summed E-state index contributed by atoms with van der Waals surface area (Å²) in [4.78, 5) is 30.5. The Kier molecular flexibility index (Phi) is 8.75. The van der Waals surface area contributed by atoms with Gasteiger partial charge in [0.05, 0.1) is 11.1 Å². The van der Waals surface area contributed by atoms with Crippen LogP contribution in [0.15, 0.2) is 42.5 Å². The molecule has 2 aliphatic rings. The van der Waals surface area contributed by atoms with Crippen molar-refractivity contribution in [2.24, 2.45) is 0 Å². The van der Waals surface area contributed by atoms with Gasteiger partial charge in [-0.15, -0.1) is 0 Å². The molecule has 0 N–H and O–H groups in total. The number of piperidine rings is 2. The Hall–Kier alpha value is -2.79. The number of likely N-dealkylation sites (N-methyl/N-ethyl adjacent to an activating group) is 1. The summed E-state index contributed by atoms with van der Waals surface area (Å²) in [6.07, 6.45) is -8.06. The van der Waals surface area contributed by atoms with Crippen molar-refractivity contribution in [3.05, 3.63) is 69.7 Å². The maximum atomic E-state index is 13.4. The van der Waals surface area contributed by atoms with Crippen LogP contribution in [0.25, 0.3) is 0 Å². The Bertz CT molecular complexity index is 1190. The lowest BCUT2D eigenvalue weighted by Gasteiger charge is -2.47. The number of alkyl halides is 6. The largest absolute Gasteiger partial charge is 0.416 e. The molecular formula is C28H30ClF6N3O2. The molecule has 2 aromatic rings. The molecule has 0 bridgehead atoms. The topological polar surface area (TPSA) is 43.9 Å². The van der Waals surface area contributed by atoms with E-state index in [4.69, 9.17) is 11.6 Å². The molecule has 0 radical (unpaired) electrons. The highest BCUT2D eigenvalue weighted by molar-refractivity contribution is 6.30. The van der Waals surface area contributed by atoms with E-state index in [0.717, 1.165) is 18.4 Å². The highest BCUT2D eigenvalue weighted by atomic mass is 35.5. The summed E-state index contributed by atoms with van der Waals surface area (Å²) in [5.41, 5.74) is -2.86. The van der Waals surface area contributed by atoms with Crippen molar-refractivity contribution in [3.63, 3.8) is 0 Å². The van der Waals surface area contributed by atoms with Gasteiger partial charge in [0, 0.05) is 68.7 Å². The minimum Gasteiger partial charge on any atom is -0.343 e. The van der Waals surface area contributed by atoms with E-state index in [1.165, 1.54) is 18.9 Å². The number of halogens is 7. The molecule has 2 heterocycles. The maximum absolute atomic E-state index is 13.4. The normalized spacial score (nSPS) is 21.4. The van der Waals surface area contributed by atoms with Gasteiger partial charge < -0.3 is 9.80 Å². The Balaban J connectivity index is 1.62. The molecule has 4 rings (SSSR count). The van der Waals surface area contributed by atoms with Gasteiger partial charge >= 0.3 is 12.4 Å². The van der Waals surface area contributed by atoms with E-state index in [9.17, 15) is 35.9 Å². The first-order chi connectivity index (χ1) is 18.6. The van der Waals surface area contributed by atoms with Gasteiger partial charge in [-0.05, 0) is 55.2 Å². The molecule has 218 valence electrons. The Morgan fingerprint density at radius 3 is 1.93 bits per heavy atom. The number of rotatable bonds is 4. The Morgan fingerprint density at radius 1 is 0.875 bits per heavy atom. The molecule has 2 aliphatic heterocycles. The molecule has 5 nitrogen and oxygen atoms in total. The summed E-state index contributed by atoms with van der Waals surface area (Å²) in [5.74, 6) is -1.15. The smallest absolute Gasteiger partial charge is 0.343 e. The molecular weight excluding hydrogens is 560 g/mol. The van der Waals surface area contributed by atoms with E-state index >= 15 is 0 Å². The first-order valence-corrected chi connectivity index (χ1v) is 13.3. The van der Waals surface area contributed by atoms with Crippen LogP contribution in [0.4, 0.5) is 26.3 Å². The fourth-order valence-corrected chi connectivity index (χ4v) is 5.90. The first-order valence-electron chi connectivity index (χ1n) is 13.0. The van der Waals surface area contributed by atoms with Crippen LogP contribution in [-0.2, 0) is 17.1 Å². The molecule has 2 fully saturated rings. The summed E-state index contributed by atoms with van der Waals surface area (Å²) in [6, 6.07) is 7.77. The van der Waals surface area contributed by atoms with E-state index < -0.39 is 41.0 Å². The number of hydrogen-bond donors (Lipinski definition) is 0. The van der Waals surface area contributed by atoms with Gasteiger partial charge in [-0.25, -0.2) is 0 Å². The minimum atomic E-state index is -5.05. The van der Waals surface area contributed by atoms with Crippen molar-refractivity contribution in [1.82, 2.24) is 14.7 Å². The van der Waals surface area contributed by atoms with Gasteiger partial charge in [-0.2, -0.15) is 26.3 Å². The monoisotopic (exact) mass is 589 g/mol. The van der Waals surface area contributed by atoms with E-state index in [-0.39, 0.29) is 23.9 Å². The average molecular weight is 590 g/mol. The third kappa shape index (κ3) is 6.74. The summed E-state index contributed by atoms with van der Waals surface area (Å²) in [5, 5.41) is 0.512. The van der Waals surface area contributed by atoms with Gasteiger partial charge in [0.2, 0.25) is 5.91 Å². The van der Waals surface area contributed by atoms with E-state index in [2.05, 4.69) is 4.90 Å². The molecule has 40 heavy (non-hydrogen) atoms. The van der Waals surface area contributed by atoms with Crippen molar-refractivity contribution in [2.75, 3.05) is 33.2 Å². The van der Waals surface area contributed by atoms with Gasteiger partial charge in [-0.3, -0.25) is 14.5 Å². The van der Waals surface area contributed by atoms with Crippen LogP contribution >= 0.6 is 11.6 Å². The molecule has 2 unspecified atom stereocenters. The van der Waals surface area contributed by atoms with Gasteiger partial charge in [0.1, 0.15) is 0 Å². The van der Waals surface area contributed by atoms with Gasteiger partial charge in [0.15, 0.2) is 0 Å². The number of nitrogens with zero attached hydrogens (tertiary/aromatic N) is 3. The van der Waals surface area contributed by atoms with E-state index in [1.807, 2.05) is 12.1 Å². The van der Waals surface area contributed by atoms with Gasteiger partial charge in [-0.1, -0.05) is 23.7 Å². The Labute approximate surface area is 233 Å². The number of hydrogen-bond acceptors (Lipinski definition) is 3. The second kappa shape index (κ2) is 11.6. The lowest BCUT2D eigenvalue weighted by atomic mass is 9.83. The Morgan fingerprint density at radius 2 is 1.43 bits per heavy atom. The van der Waals surface area contributed by atoms with Crippen molar-refractivity contribution < 1.29 is 35.9 Å². The highest BCUT2D eigenvalue weighted by Gasteiger charge is 2.41. The minimum absolute atomic E-state index is 0.0171. The molecule has 2 saturated heterocycles. The number of carbonyl (C=O) groups is 2. The summed E-state index contributed by atoms with van der Waals surface area (Å²) >= 11 is 6.08. The van der Waals surface area contributed by atoms with Crippen molar-refractivity contribution in [3.8, 4) is 0 Å². The zero-order chi connectivity index (χ0) is 29.4. The average Bonchev–Trinajstić information content (AvgIpc) is 2.91. The second-order valence-corrected chi connectivity index (χ2v) is 10.9. The molecule has 2 aromatic carbocycles. The maximum Gasteiger partial charge on any atom is 0.416 e. The molecule has 0 saturated carbocycles. The van der Waals surface area contributed by atoms with Crippen molar-refractivity contribution in [2.45, 2.75) is 56.5 Å². The highest BCUT2D eigenvalue weighted by Crippen LogP contribution is 2.38. The fourth-order valence-electron chi connectivity index (χ4n) is 5.78. The standard InChI is InChI=1S/C28H30ClF6N3O2/c1-17(39)37-10-7-23(8-11-37)38-12-9-25(24(16-38)18-3-5-22(29)6-4-18)36(2)26(40)19-13-20(27(30,31)32)15-21(14-19)28(33,34)35/h3-6,13-15,23-25H,7-12,16H2,1-2H3. The fraction of sp³-hybridized carbons (Fsp3) is 0.500. The number of carbonyl (C=O) groups excluding carboxylic acids is 2. The molecule has 0 aliphatic carbocycles. The second-order valence-electron chi connectivity index (χ2n) is 10.5. The quantitative estimate of drug-likeness (QED) is 0.392. The molecule has 0 spiro atoms. The van der Waals surface area contributed by atoms with Crippen LogP contribution < -0.4 is 0 Å². The predicted octanol–water partition coefficient (Wildman–Crippen LogP) is 6.32. The van der Waals surface area contributed by atoms with E-state index in [0.29, 0.717) is 49.8 Å². The van der Waals surface area contributed by atoms with Crippen molar-refractivity contribution in [1.29, 1.82) is 0 Å². The van der Waals surface area contributed by atoms with Crippen molar-refractivity contribution >= 4 is 23.4 Å². The molecule has 0 aromatic heterocycles. The zero-order valence-corrected chi connectivity index (χ0v) is 22.8. The lowest BCUT2D eigenvalue weighted by Crippen LogP contribution is -2.55. The number of benzene rings is 2. The molecule has 2 atom stereocenters. The van der Waals surface area contributed by atoms with Crippen LogP contribution in [0.5, 0.6) is 0 Å². The lowest BCUT2D eigenvalue weighted by molar-refractivity contribution is -0.143. The number of amides is 2. The predicted molar refractivity (Wildman–Crippen MR) is 138 cm³/mol. The van der Waals surface area contributed by atoms with Crippen LogP contribution in [0, 0.1) is 0 Å². The molecule has 12 heteroatoms. The summed E-state index contributed by atoms with van der Waals surface area (Å²) in [7, 11) is 1.42. The summed E-state index contributed by atoms with van der Waals surface area (Å²) in [6.45, 7) is 3.94. The van der Waals surface area contributed by atoms with Crippen LogP contribution in [0.1, 0.15) is 59.2 Å². The SMILES string of the molecule is CC(=O)N1CCC(N2CCC(N(C)C(=O)c3cc(C(F)(F)F)cc(C(F)(F)F)c3)C(c3ccc(Cl)cc3)C2)CC1. The van der Waals surface area contributed by atoms with Crippen LogP contribution in [0.2, 0.25) is 5.02 Å². The third-order valence-electron chi connectivity index (χ3n) is 7.98. The third-order valence-corrected chi connectivity index (χ3v) is 8.24. The zero-order valence-electron chi connectivity index (χ0n) is 22.0. The number of likely N-dealkylation sites (tertiary alicyclic amines) is 2. The first kappa shape index (κ1) is 30.2. The summed E-state index contributed by atoms with van der Waals surface area (Å²) < 4.78 is 80.6. The van der Waals surface area contributed by atoms with Crippen LogP contribution in [0.3, 0.4) is 0 Å². The van der Waals surface area contributed by atoms with Crippen LogP contribution in [-0.4, -0.2) is 71.8 Å². The van der Waals surface area contributed by atoms with Gasteiger partial charge in [0.25, 0.3) is 5.91 Å². The van der Waals surface area contributed by atoms with E-state index in [1.54, 1.807) is 17.0 Å². The molecule has 2 amide bonds.